The molecule has 114 valence electrons. The second-order valence-electron chi connectivity index (χ2n) is 6.53. The minimum Gasteiger partial charge on any atom is -0.370 e. The highest BCUT2D eigenvalue weighted by Gasteiger charge is 2.60. The molecule has 3 atom stereocenters. The topological polar surface area (TPSA) is 46.6 Å². The van der Waals surface area contributed by atoms with Gasteiger partial charge in [-0.2, -0.15) is 0 Å². The van der Waals surface area contributed by atoms with Gasteiger partial charge in [-0.05, 0) is 38.3 Å². The summed E-state index contributed by atoms with van der Waals surface area (Å²) in [6, 6.07) is 9.21. The number of hydrogen-bond acceptors (Lipinski definition) is 3. The largest absolute Gasteiger partial charge is 0.370 e. The number of benzene rings is 1. The average Bonchev–Trinajstić information content (AvgIpc) is 3.05. The summed E-state index contributed by atoms with van der Waals surface area (Å²) >= 11 is 0. The molecule has 1 aromatic rings. The lowest BCUT2D eigenvalue weighted by Crippen LogP contribution is -2.45. The number of rotatable bonds is 1. The lowest BCUT2D eigenvalue weighted by atomic mass is 9.70. The molecule has 2 fully saturated rings. The summed E-state index contributed by atoms with van der Waals surface area (Å²) in [5, 5.41) is 0. The van der Waals surface area contributed by atoms with E-state index in [0.29, 0.717) is 18.7 Å². The van der Waals surface area contributed by atoms with E-state index < -0.39 is 5.60 Å². The van der Waals surface area contributed by atoms with Gasteiger partial charge in [-0.25, -0.2) is 4.90 Å². The Morgan fingerprint density at radius 2 is 1.95 bits per heavy atom. The summed E-state index contributed by atoms with van der Waals surface area (Å²) in [7, 11) is 0. The summed E-state index contributed by atoms with van der Waals surface area (Å²) in [5.41, 5.74) is 1.25. The van der Waals surface area contributed by atoms with Crippen LogP contribution in [0.1, 0.15) is 26.2 Å². The molecule has 4 heteroatoms. The van der Waals surface area contributed by atoms with Gasteiger partial charge in [-0.15, -0.1) is 0 Å². The van der Waals surface area contributed by atoms with Crippen LogP contribution in [0.4, 0.5) is 5.69 Å². The molecular weight excluding hydrogens is 278 g/mol. The zero-order valence-electron chi connectivity index (χ0n) is 12.6. The summed E-state index contributed by atoms with van der Waals surface area (Å²) in [5.74, 6) is -0.836. The van der Waals surface area contributed by atoms with E-state index >= 15 is 0 Å². The van der Waals surface area contributed by atoms with Crippen molar-refractivity contribution in [2.24, 2.45) is 11.8 Å². The number of allylic oxidation sites excluding steroid dienone is 1. The Hall–Kier alpha value is -1.94. The molecule has 4 rings (SSSR count). The molecule has 1 aromatic carbocycles. The first kappa shape index (κ1) is 13.7. The summed E-state index contributed by atoms with van der Waals surface area (Å²) in [6.07, 6.45) is 4.53. The fraction of sp³-hybridized carbons (Fsp3) is 0.444. The van der Waals surface area contributed by atoms with Gasteiger partial charge >= 0.3 is 0 Å². The Bertz CT molecular complexity index is 658. The van der Waals surface area contributed by atoms with E-state index in [2.05, 4.69) is 6.08 Å². The Balaban J connectivity index is 1.78. The van der Waals surface area contributed by atoms with E-state index in [1.807, 2.05) is 37.3 Å². The van der Waals surface area contributed by atoms with Gasteiger partial charge in [0.1, 0.15) is 0 Å². The van der Waals surface area contributed by atoms with Crippen LogP contribution in [0.3, 0.4) is 0 Å². The van der Waals surface area contributed by atoms with E-state index in [0.717, 1.165) is 18.4 Å². The molecule has 2 amide bonds. The Morgan fingerprint density at radius 1 is 1.18 bits per heavy atom. The van der Waals surface area contributed by atoms with Crippen LogP contribution in [0.25, 0.3) is 0 Å². The average molecular weight is 297 g/mol. The van der Waals surface area contributed by atoms with E-state index in [-0.39, 0.29) is 23.7 Å². The van der Waals surface area contributed by atoms with Crippen molar-refractivity contribution in [2.75, 3.05) is 11.5 Å². The van der Waals surface area contributed by atoms with Crippen LogP contribution in [0, 0.1) is 11.8 Å². The predicted molar refractivity (Wildman–Crippen MR) is 82.2 cm³/mol. The minimum absolute atomic E-state index is 0.0801. The van der Waals surface area contributed by atoms with Crippen LogP contribution in [0.15, 0.2) is 42.0 Å². The van der Waals surface area contributed by atoms with Crippen molar-refractivity contribution in [3.63, 3.8) is 0 Å². The molecule has 0 N–H and O–H groups in total. The van der Waals surface area contributed by atoms with Crippen molar-refractivity contribution in [3.05, 3.63) is 42.0 Å². The third-order valence-electron chi connectivity index (χ3n) is 5.08. The molecule has 4 nitrogen and oxygen atoms in total. The fourth-order valence-corrected chi connectivity index (χ4v) is 4.27. The molecule has 1 aliphatic carbocycles. The lowest BCUT2D eigenvalue weighted by molar-refractivity contribution is -0.130. The van der Waals surface area contributed by atoms with Gasteiger partial charge in [0.05, 0.1) is 23.1 Å². The van der Waals surface area contributed by atoms with Crippen molar-refractivity contribution in [3.8, 4) is 0 Å². The lowest BCUT2D eigenvalue weighted by Gasteiger charge is -2.37. The molecule has 0 unspecified atom stereocenters. The van der Waals surface area contributed by atoms with E-state index in [9.17, 15) is 9.59 Å². The number of hydrogen-bond donors (Lipinski definition) is 0. The molecular formula is C18H19NO3. The SMILES string of the molecule is CC1=C[C@]2(CCCO2)[C@@H]2C(=O)N(c3ccccc3)C(=O)[C@@H]2C1. The summed E-state index contributed by atoms with van der Waals surface area (Å²) in [4.78, 5) is 27.2. The van der Waals surface area contributed by atoms with Crippen molar-refractivity contribution < 1.29 is 14.3 Å². The van der Waals surface area contributed by atoms with Gasteiger partial charge in [0.2, 0.25) is 11.8 Å². The molecule has 0 bridgehead atoms. The second kappa shape index (κ2) is 4.78. The first-order valence-electron chi connectivity index (χ1n) is 7.87. The van der Waals surface area contributed by atoms with Gasteiger partial charge in [0, 0.05) is 6.61 Å². The van der Waals surface area contributed by atoms with E-state index in [1.165, 1.54) is 4.90 Å². The van der Waals surface area contributed by atoms with Crippen LogP contribution < -0.4 is 4.90 Å². The van der Waals surface area contributed by atoms with Crippen LogP contribution in [0.5, 0.6) is 0 Å². The number of fused-ring (bicyclic) bond motifs is 2. The zero-order chi connectivity index (χ0) is 15.3. The first-order chi connectivity index (χ1) is 10.6. The molecule has 3 aliphatic rings. The Kier molecular flexibility index (Phi) is 2.98. The zero-order valence-corrected chi connectivity index (χ0v) is 12.6. The van der Waals surface area contributed by atoms with Crippen LogP contribution in [-0.4, -0.2) is 24.0 Å². The number of anilines is 1. The first-order valence-corrected chi connectivity index (χ1v) is 7.87. The molecule has 0 radical (unpaired) electrons. The van der Waals surface area contributed by atoms with Gasteiger partial charge < -0.3 is 4.74 Å². The van der Waals surface area contributed by atoms with Gasteiger partial charge in [-0.1, -0.05) is 29.8 Å². The van der Waals surface area contributed by atoms with Gasteiger partial charge in [0.25, 0.3) is 0 Å². The van der Waals surface area contributed by atoms with Gasteiger partial charge in [-0.3, -0.25) is 9.59 Å². The molecule has 2 heterocycles. The van der Waals surface area contributed by atoms with Crippen molar-refractivity contribution in [1.82, 2.24) is 0 Å². The third-order valence-corrected chi connectivity index (χ3v) is 5.08. The maximum atomic E-state index is 13.0. The normalized spacial score (nSPS) is 34.2. The third kappa shape index (κ3) is 1.80. The highest BCUT2D eigenvalue weighted by atomic mass is 16.5. The Labute approximate surface area is 129 Å². The summed E-state index contributed by atoms with van der Waals surface area (Å²) < 4.78 is 5.99. The molecule has 2 aliphatic heterocycles. The molecule has 0 aromatic heterocycles. The second-order valence-corrected chi connectivity index (χ2v) is 6.53. The molecule has 1 spiro atoms. The number of ether oxygens (including phenoxy) is 1. The number of carbonyl (C=O) groups excluding carboxylic acids is 2. The predicted octanol–water partition coefficient (Wildman–Crippen LogP) is 2.69. The number of amides is 2. The van der Waals surface area contributed by atoms with Crippen molar-refractivity contribution in [1.29, 1.82) is 0 Å². The van der Waals surface area contributed by atoms with E-state index in [1.54, 1.807) is 0 Å². The maximum absolute atomic E-state index is 13.0. The molecule has 0 saturated carbocycles. The monoisotopic (exact) mass is 297 g/mol. The number of nitrogens with zero attached hydrogens (tertiary/aromatic N) is 1. The molecule has 22 heavy (non-hydrogen) atoms. The highest BCUT2D eigenvalue weighted by Crippen LogP contribution is 2.49. The number of imide groups is 1. The van der Waals surface area contributed by atoms with Crippen molar-refractivity contribution >= 4 is 17.5 Å². The minimum atomic E-state index is -0.566. The van der Waals surface area contributed by atoms with Crippen LogP contribution in [-0.2, 0) is 14.3 Å². The summed E-state index contributed by atoms with van der Waals surface area (Å²) in [6.45, 7) is 2.70. The van der Waals surface area contributed by atoms with Gasteiger partial charge in [0.15, 0.2) is 0 Å². The number of para-hydroxylation sites is 1. The fourth-order valence-electron chi connectivity index (χ4n) is 4.27. The maximum Gasteiger partial charge on any atom is 0.240 e. The Morgan fingerprint density at radius 3 is 2.64 bits per heavy atom. The quantitative estimate of drug-likeness (QED) is 0.591. The van der Waals surface area contributed by atoms with E-state index in [4.69, 9.17) is 4.74 Å². The smallest absolute Gasteiger partial charge is 0.240 e. The standard InChI is InChI=1S/C18H19NO3/c1-12-10-14-15(18(11-12)8-5-9-22-18)17(21)19(16(14)20)13-6-3-2-4-7-13/h2-4,6-7,11,14-15H,5,8-10H2,1H3/t14-,15+,18-/m1/s1. The number of carbonyl (C=O) groups is 2. The highest BCUT2D eigenvalue weighted by molar-refractivity contribution is 6.22. The van der Waals surface area contributed by atoms with Crippen LogP contribution in [0.2, 0.25) is 0 Å². The van der Waals surface area contributed by atoms with Crippen molar-refractivity contribution in [2.45, 2.75) is 31.8 Å². The molecule has 2 saturated heterocycles. The van der Waals surface area contributed by atoms with Crippen LogP contribution >= 0.6 is 0 Å².